The molecule has 90 valence electrons. The molecule has 3 heteroatoms. The molecule has 0 unspecified atom stereocenters. The summed E-state index contributed by atoms with van der Waals surface area (Å²) >= 11 is 0. The van der Waals surface area contributed by atoms with Gasteiger partial charge in [-0.25, -0.2) is 0 Å². The molecule has 1 N–H and O–H groups in total. The molecule has 0 aliphatic heterocycles. The average molecular weight is 239 g/mol. The summed E-state index contributed by atoms with van der Waals surface area (Å²) < 4.78 is 0. The van der Waals surface area contributed by atoms with Crippen molar-refractivity contribution in [3.8, 4) is 0 Å². The maximum Gasteiger partial charge on any atom is 0.251 e. The van der Waals surface area contributed by atoms with E-state index in [2.05, 4.69) is 5.32 Å². The molecular formula is C15H13NO2. The van der Waals surface area contributed by atoms with Crippen LogP contribution in [0.4, 0.5) is 0 Å². The molecule has 0 atom stereocenters. The molecule has 0 radical (unpaired) electrons. The number of rotatable bonds is 4. The Morgan fingerprint density at radius 1 is 1.00 bits per heavy atom. The van der Waals surface area contributed by atoms with E-state index in [1.807, 2.05) is 30.3 Å². The fourth-order valence-corrected chi connectivity index (χ4v) is 1.59. The third-order valence-corrected chi connectivity index (χ3v) is 2.60. The van der Waals surface area contributed by atoms with Crippen LogP contribution in [0.2, 0.25) is 0 Å². The van der Waals surface area contributed by atoms with Crippen LogP contribution in [0, 0.1) is 0 Å². The molecule has 0 saturated carbocycles. The Morgan fingerprint density at radius 2 is 1.67 bits per heavy atom. The lowest BCUT2D eigenvalue weighted by Crippen LogP contribution is -2.22. The zero-order valence-electron chi connectivity index (χ0n) is 9.80. The molecule has 0 spiro atoms. The van der Waals surface area contributed by atoms with Crippen molar-refractivity contribution >= 4 is 12.2 Å². The average Bonchev–Trinajstić information content (AvgIpc) is 2.46. The van der Waals surface area contributed by atoms with Gasteiger partial charge in [-0.1, -0.05) is 42.5 Å². The van der Waals surface area contributed by atoms with Crippen LogP contribution in [-0.2, 0) is 6.54 Å². The topological polar surface area (TPSA) is 46.2 Å². The minimum atomic E-state index is -0.142. The Balaban J connectivity index is 1.97. The lowest BCUT2D eigenvalue weighted by atomic mass is 10.1. The molecule has 0 bridgehead atoms. The van der Waals surface area contributed by atoms with Crippen LogP contribution in [-0.4, -0.2) is 12.2 Å². The highest BCUT2D eigenvalue weighted by Crippen LogP contribution is 2.03. The molecule has 0 fully saturated rings. The zero-order valence-corrected chi connectivity index (χ0v) is 9.80. The van der Waals surface area contributed by atoms with Crippen LogP contribution < -0.4 is 5.32 Å². The first-order valence-electron chi connectivity index (χ1n) is 5.67. The SMILES string of the molecule is O=Cc1ccc(C(=O)NCc2ccccc2)cc1. The number of hydrogen-bond donors (Lipinski definition) is 1. The third-order valence-electron chi connectivity index (χ3n) is 2.60. The van der Waals surface area contributed by atoms with Crippen LogP contribution in [0.5, 0.6) is 0 Å². The first-order chi connectivity index (χ1) is 8.79. The van der Waals surface area contributed by atoms with Crippen LogP contribution in [0.25, 0.3) is 0 Å². The Hall–Kier alpha value is -2.42. The van der Waals surface area contributed by atoms with Gasteiger partial charge in [-0.15, -0.1) is 0 Å². The van der Waals surface area contributed by atoms with Crippen molar-refractivity contribution in [3.05, 3.63) is 71.3 Å². The third kappa shape index (κ3) is 3.04. The maximum atomic E-state index is 11.8. The largest absolute Gasteiger partial charge is 0.348 e. The minimum Gasteiger partial charge on any atom is -0.348 e. The molecule has 18 heavy (non-hydrogen) atoms. The van der Waals surface area contributed by atoms with Crippen molar-refractivity contribution in [2.24, 2.45) is 0 Å². The number of carbonyl (C=O) groups is 2. The number of carbonyl (C=O) groups excluding carboxylic acids is 2. The van der Waals surface area contributed by atoms with Crippen molar-refractivity contribution in [1.29, 1.82) is 0 Å². The number of aldehydes is 1. The fourth-order valence-electron chi connectivity index (χ4n) is 1.59. The molecule has 2 aromatic rings. The Kier molecular flexibility index (Phi) is 3.86. The highest BCUT2D eigenvalue weighted by molar-refractivity contribution is 5.94. The number of nitrogens with one attached hydrogen (secondary N) is 1. The lowest BCUT2D eigenvalue weighted by Gasteiger charge is -2.05. The van der Waals surface area contributed by atoms with Crippen LogP contribution in [0.15, 0.2) is 54.6 Å². The van der Waals surface area contributed by atoms with E-state index in [0.717, 1.165) is 11.8 Å². The monoisotopic (exact) mass is 239 g/mol. The molecule has 0 aromatic heterocycles. The Bertz CT molecular complexity index is 532. The van der Waals surface area contributed by atoms with Gasteiger partial charge < -0.3 is 5.32 Å². The molecule has 0 saturated heterocycles. The summed E-state index contributed by atoms with van der Waals surface area (Å²) in [5.41, 5.74) is 2.17. The summed E-state index contributed by atoms with van der Waals surface area (Å²) in [7, 11) is 0. The van der Waals surface area contributed by atoms with Gasteiger partial charge in [0.05, 0.1) is 0 Å². The highest BCUT2D eigenvalue weighted by Gasteiger charge is 2.04. The molecule has 2 aromatic carbocycles. The van der Waals surface area contributed by atoms with E-state index in [-0.39, 0.29) is 5.91 Å². The number of benzene rings is 2. The summed E-state index contributed by atoms with van der Waals surface area (Å²) in [6.07, 6.45) is 0.756. The van der Waals surface area contributed by atoms with Gasteiger partial charge in [-0.05, 0) is 17.7 Å². The number of amides is 1. The van der Waals surface area contributed by atoms with E-state index in [1.165, 1.54) is 0 Å². The normalized spacial score (nSPS) is 9.78. The van der Waals surface area contributed by atoms with Crippen molar-refractivity contribution in [2.45, 2.75) is 6.54 Å². The van der Waals surface area contributed by atoms with E-state index in [9.17, 15) is 9.59 Å². The fraction of sp³-hybridized carbons (Fsp3) is 0.0667. The van der Waals surface area contributed by atoms with Crippen molar-refractivity contribution in [3.63, 3.8) is 0 Å². The summed E-state index contributed by atoms with van der Waals surface area (Å²) in [5.74, 6) is -0.142. The van der Waals surface area contributed by atoms with Crippen molar-refractivity contribution in [1.82, 2.24) is 5.32 Å². The van der Waals surface area contributed by atoms with Gasteiger partial charge in [0.1, 0.15) is 6.29 Å². The van der Waals surface area contributed by atoms with Gasteiger partial charge >= 0.3 is 0 Å². The van der Waals surface area contributed by atoms with Gasteiger partial charge in [0.2, 0.25) is 0 Å². The minimum absolute atomic E-state index is 0.142. The summed E-state index contributed by atoms with van der Waals surface area (Å²) in [6, 6.07) is 16.2. The van der Waals surface area contributed by atoms with Gasteiger partial charge in [0.25, 0.3) is 5.91 Å². The second-order valence-electron chi connectivity index (χ2n) is 3.91. The quantitative estimate of drug-likeness (QED) is 0.833. The van der Waals surface area contributed by atoms with E-state index in [4.69, 9.17) is 0 Å². The second-order valence-corrected chi connectivity index (χ2v) is 3.91. The Labute approximate surface area is 105 Å². The molecular weight excluding hydrogens is 226 g/mol. The van der Waals surface area contributed by atoms with E-state index in [1.54, 1.807) is 24.3 Å². The first-order valence-corrected chi connectivity index (χ1v) is 5.67. The predicted molar refractivity (Wildman–Crippen MR) is 69.4 cm³/mol. The Morgan fingerprint density at radius 3 is 2.28 bits per heavy atom. The summed E-state index contributed by atoms with van der Waals surface area (Å²) in [5, 5.41) is 2.83. The van der Waals surface area contributed by atoms with Crippen molar-refractivity contribution < 1.29 is 9.59 Å². The van der Waals surface area contributed by atoms with Crippen LogP contribution in [0.3, 0.4) is 0 Å². The van der Waals surface area contributed by atoms with Gasteiger partial charge in [0, 0.05) is 17.7 Å². The second kappa shape index (κ2) is 5.77. The van der Waals surface area contributed by atoms with Gasteiger partial charge in [-0.3, -0.25) is 9.59 Å². The van der Waals surface area contributed by atoms with Gasteiger partial charge in [0.15, 0.2) is 0 Å². The zero-order chi connectivity index (χ0) is 12.8. The molecule has 1 amide bonds. The standard InChI is InChI=1S/C15H13NO2/c17-11-13-6-8-14(9-7-13)15(18)16-10-12-4-2-1-3-5-12/h1-9,11H,10H2,(H,16,18). The molecule has 2 rings (SSSR count). The van der Waals surface area contributed by atoms with Crippen molar-refractivity contribution in [2.75, 3.05) is 0 Å². The smallest absolute Gasteiger partial charge is 0.251 e. The summed E-state index contributed by atoms with van der Waals surface area (Å²) in [6.45, 7) is 0.495. The molecule has 0 aliphatic carbocycles. The summed E-state index contributed by atoms with van der Waals surface area (Å²) in [4.78, 5) is 22.3. The molecule has 0 aliphatic rings. The van der Waals surface area contributed by atoms with Crippen LogP contribution in [0.1, 0.15) is 26.3 Å². The van der Waals surface area contributed by atoms with E-state index < -0.39 is 0 Å². The number of hydrogen-bond acceptors (Lipinski definition) is 2. The van der Waals surface area contributed by atoms with E-state index in [0.29, 0.717) is 17.7 Å². The van der Waals surface area contributed by atoms with E-state index >= 15 is 0 Å². The van der Waals surface area contributed by atoms with Crippen LogP contribution >= 0.6 is 0 Å². The molecule has 3 nitrogen and oxygen atoms in total. The molecule has 0 heterocycles. The lowest BCUT2D eigenvalue weighted by molar-refractivity contribution is 0.0950. The van der Waals surface area contributed by atoms with Gasteiger partial charge in [-0.2, -0.15) is 0 Å². The highest BCUT2D eigenvalue weighted by atomic mass is 16.1. The maximum absolute atomic E-state index is 11.8. The first kappa shape index (κ1) is 12.0. The predicted octanol–water partition coefficient (Wildman–Crippen LogP) is 2.43.